The average molecular weight is 254 g/mol. The van der Waals surface area contributed by atoms with Gasteiger partial charge in [-0.25, -0.2) is 0 Å². The van der Waals surface area contributed by atoms with Gasteiger partial charge in [0.05, 0.1) is 18.2 Å². The molecule has 0 saturated heterocycles. The van der Waals surface area contributed by atoms with Crippen LogP contribution in [0.25, 0.3) is 22.0 Å². The fourth-order valence-corrected chi connectivity index (χ4v) is 2.10. The van der Waals surface area contributed by atoms with E-state index >= 15 is 0 Å². The molecule has 3 aromatic rings. The second-order valence-electron chi connectivity index (χ2n) is 4.69. The highest BCUT2D eigenvalue weighted by Crippen LogP contribution is 2.23. The molecule has 4 nitrogen and oxygen atoms in total. The van der Waals surface area contributed by atoms with Crippen molar-refractivity contribution in [1.29, 1.82) is 0 Å². The number of anilines is 1. The maximum Gasteiger partial charge on any atom is 0.256 e. The summed E-state index contributed by atoms with van der Waals surface area (Å²) in [5.74, 6) is 0. The van der Waals surface area contributed by atoms with Crippen LogP contribution in [-0.4, -0.2) is 19.1 Å². The summed E-state index contributed by atoms with van der Waals surface area (Å²) < 4.78 is 5.04. The van der Waals surface area contributed by atoms with Crippen molar-refractivity contribution in [2.24, 2.45) is 0 Å². The summed E-state index contributed by atoms with van der Waals surface area (Å²) in [5.41, 5.74) is 2.56. The van der Waals surface area contributed by atoms with E-state index in [0.29, 0.717) is 5.39 Å². The minimum absolute atomic E-state index is 0.0857. The summed E-state index contributed by atoms with van der Waals surface area (Å²) >= 11 is 0. The van der Waals surface area contributed by atoms with Crippen LogP contribution >= 0.6 is 0 Å². The lowest BCUT2D eigenvalue weighted by molar-refractivity contribution is 0.568. The molecule has 0 saturated carbocycles. The third-order valence-corrected chi connectivity index (χ3v) is 3.18. The molecule has 1 N–H and O–H groups in total. The molecule has 2 aromatic heterocycles. The second kappa shape index (κ2) is 4.31. The molecule has 0 radical (unpaired) electrons. The number of furan rings is 1. The van der Waals surface area contributed by atoms with Crippen LogP contribution < -0.4 is 10.5 Å². The van der Waals surface area contributed by atoms with Crippen LogP contribution in [0.1, 0.15) is 0 Å². The van der Waals surface area contributed by atoms with E-state index in [1.54, 1.807) is 12.5 Å². The van der Waals surface area contributed by atoms with Crippen molar-refractivity contribution in [3.05, 3.63) is 53.2 Å². The SMILES string of the molecule is CN(C)c1ccc2cc(-c3ccoc3)[nH]c(=O)c2c1. The predicted octanol–water partition coefficient (Wildman–Crippen LogP) is 2.85. The number of nitrogens with one attached hydrogen (secondary N) is 1. The summed E-state index contributed by atoms with van der Waals surface area (Å²) in [7, 11) is 3.91. The summed E-state index contributed by atoms with van der Waals surface area (Å²) in [6.07, 6.45) is 3.21. The molecule has 0 unspecified atom stereocenters. The molecule has 19 heavy (non-hydrogen) atoms. The highest BCUT2D eigenvalue weighted by Gasteiger charge is 2.06. The normalized spacial score (nSPS) is 10.8. The Bertz CT molecular complexity index is 770. The van der Waals surface area contributed by atoms with Gasteiger partial charge < -0.3 is 14.3 Å². The Morgan fingerprint density at radius 3 is 2.68 bits per heavy atom. The van der Waals surface area contributed by atoms with Gasteiger partial charge in [0, 0.05) is 30.7 Å². The van der Waals surface area contributed by atoms with Crippen molar-refractivity contribution >= 4 is 16.5 Å². The summed E-state index contributed by atoms with van der Waals surface area (Å²) in [4.78, 5) is 17.0. The van der Waals surface area contributed by atoms with Crippen LogP contribution in [0.3, 0.4) is 0 Å². The fourth-order valence-electron chi connectivity index (χ4n) is 2.10. The molecule has 0 atom stereocenters. The predicted molar refractivity (Wildman–Crippen MR) is 76.6 cm³/mol. The molecule has 0 aliphatic rings. The van der Waals surface area contributed by atoms with E-state index in [9.17, 15) is 4.79 Å². The molecule has 0 amide bonds. The molecule has 1 aromatic carbocycles. The average Bonchev–Trinajstić information content (AvgIpc) is 2.92. The fraction of sp³-hybridized carbons (Fsp3) is 0.133. The zero-order chi connectivity index (χ0) is 13.4. The van der Waals surface area contributed by atoms with Gasteiger partial charge in [0.15, 0.2) is 0 Å². The van der Waals surface area contributed by atoms with Gasteiger partial charge in [-0.2, -0.15) is 0 Å². The zero-order valence-corrected chi connectivity index (χ0v) is 10.8. The van der Waals surface area contributed by atoms with Gasteiger partial charge in [-0.3, -0.25) is 4.79 Å². The number of benzene rings is 1. The first-order valence-electron chi connectivity index (χ1n) is 6.02. The summed E-state index contributed by atoms with van der Waals surface area (Å²) in [5, 5.41) is 1.61. The first kappa shape index (κ1) is 11.6. The Labute approximate surface area is 110 Å². The van der Waals surface area contributed by atoms with E-state index in [1.807, 2.05) is 49.3 Å². The van der Waals surface area contributed by atoms with E-state index in [0.717, 1.165) is 22.3 Å². The zero-order valence-electron chi connectivity index (χ0n) is 10.8. The quantitative estimate of drug-likeness (QED) is 0.765. The molecule has 0 bridgehead atoms. The number of aromatic amines is 1. The number of nitrogens with zero attached hydrogens (tertiary/aromatic N) is 1. The molecule has 96 valence electrons. The highest BCUT2D eigenvalue weighted by molar-refractivity contribution is 5.87. The first-order chi connectivity index (χ1) is 9.15. The second-order valence-corrected chi connectivity index (χ2v) is 4.69. The van der Waals surface area contributed by atoms with Crippen molar-refractivity contribution in [3.63, 3.8) is 0 Å². The van der Waals surface area contributed by atoms with Gasteiger partial charge >= 0.3 is 0 Å². The number of hydrogen-bond donors (Lipinski definition) is 1. The van der Waals surface area contributed by atoms with Crippen molar-refractivity contribution < 1.29 is 4.42 Å². The summed E-state index contributed by atoms with van der Waals surface area (Å²) in [6.45, 7) is 0. The molecular weight excluding hydrogens is 240 g/mol. The maximum atomic E-state index is 12.2. The number of hydrogen-bond acceptors (Lipinski definition) is 3. The minimum Gasteiger partial charge on any atom is -0.472 e. The maximum absolute atomic E-state index is 12.2. The molecule has 0 spiro atoms. The lowest BCUT2D eigenvalue weighted by Gasteiger charge is -2.13. The van der Waals surface area contributed by atoms with E-state index in [2.05, 4.69) is 4.98 Å². The Balaban J connectivity index is 2.23. The number of pyridine rings is 1. The number of fused-ring (bicyclic) bond motifs is 1. The molecular formula is C15H14N2O2. The first-order valence-corrected chi connectivity index (χ1v) is 6.02. The van der Waals surface area contributed by atoms with Crippen molar-refractivity contribution in [1.82, 2.24) is 4.98 Å². The van der Waals surface area contributed by atoms with E-state index in [4.69, 9.17) is 4.42 Å². The number of rotatable bonds is 2. The number of H-pyrrole nitrogens is 1. The van der Waals surface area contributed by atoms with Crippen LogP contribution in [0.4, 0.5) is 5.69 Å². The summed E-state index contributed by atoms with van der Waals surface area (Å²) in [6, 6.07) is 9.64. The number of aromatic nitrogens is 1. The van der Waals surface area contributed by atoms with E-state index in [-0.39, 0.29) is 5.56 Å². The Kier molecular flexibility index (Phi) is 2.63. The van der Waals surface area contributed by atoms with Crippen LogP contribution in [0.5, 0.6) is 0 Å². The van der Waals surface area contributed by atoms with Crippen LogP contribution in [0.2, 0.25) is 0 Å². The largest absolute Gasteiger partial charge is 0.472 e. The van der Waals surface area contributed by atoms with Gasteiger partial charge in [-0.15, -0.1) is 0 Å². The molecule has 0 aliphatic carbocycles. The highest BCUT2D eigenvalue weighted by atomic mass is 16.3. The molecule has 4 heteroatoms. The Morgan fingerprint density at radius 1 is 1.16 bits per heavy atom. The lowest BCUT2D eigenvalue weighted by atomic mass is 10.1. The molecule has 3 rings (SSSR count). The lowest BCUT2D eigenvalue weighted by Crippen LogP contribution is -2.11. The monoisotopic (exact) mass is 254 g/mol. The third-order valence-electron chi connectivity index (χ3n) is 3.18. The van der Waals surface area contributed by atoms with Crippen LogP contribution in [0, 0.1) is 0 Å². The van der Waals surface area contributed by atoms with Crippen LogP contribution in [0.15, 0.2) is 52.1 Å². The van der Waals surface area contributed by atoms with Gasteiger partial charge in [-0.05, 0) is 29.7 Å². The molecule has 2 heterocycles. The molecule has 0 fully saturated rings. The van der Waals surface area contributed by atoms with E-state index in [1.165, 1.54) is 0 Å². The van der Waals surface area contributed by atoms with Crippen molar-refractivity contribution in [2.75, 3.05) is 19.0 Å². The van der Waals surface area contributed by atoms with Crippen molar-refractivity contribution in [2.45, 2.75) is 0 Å². The van der Waals surface area contributed by atoms with Gasteiger partial charge in [0.25, 0.3) is 5.56 Å². The molecule has 0 aliphatic heterocycles. The standard InChI is InChI=1S/C15H14N2O2/c1-17(2)12-4-3-10-7-14(11-5-6-19-9-11)16-15(18)13(10)8-12/h3-9H,1-2H3,(H,16,18). The Morgan fingerprint density at radius 2 is 2.00 bits per heavy atom. The topological polar surface area (TPSA) is 49.2 Å². The van der Waals surface area contributed by atoms with Crippen LogP contribution in [-0.2, 0) is 0 Å². The minimum atomic E-state index is -0.0857. The van der Waals surface area contributed by atoms with Gasteiger partial charge in [0.2, 0.25) is 0 Å². The van der Waals surface area contributed by atoms with Gasteiger partial charge in [0.1, 0.15) is 0 Å². The van der Waals surface area contributed by atoms with Crippen molar-refractivity contribution in [3.8, 4) is 11.3 Å². The third kappa shape index (κ3) is 2.01. The Hall–Kier alpha value is -2.49. The van der Waals surface area contributed by atoms with E-state index < -0.39 is 0 Å². The smallest absolute Gasteiger partial charge is 0.256 e. The van der Waals surface area contributed by atoms with Gasteiger partial charge in [-0.1, -0.05) is 6.07 Å².